The standard InChI is InChI=1S/C11H16ClN/c1-3-11(2,13)8-9-4-6-10(12)7-5-9/h4-7H,3,8,13H2,1-2H3/t11-/m0/s1. The second-order valence-corrected chi connectivity index (χ2v) is 4.25. The molecule has 0 spiro atoms. The summed E-state index contributed by atoms with van der Waals surface area (Å²) in [6.45, 7) is 4.18. The third kappa shape index (κ3) is 3.37. The van der Waals surface area contributed by atoms with E-state index in [0.717, 1.165) is 17.9 Å². The van der Waals surface area contributed by atoms with Gasteiger partial charge in [-0.1, -0.05) is 30.7 Å². The molecule has 1 rings (SSSR count). The molecule has 0 heterocycles. The van der Waals surface area contributed by atoms with E-state index in [-0.39, 0.29) is 5.54 Å². The summed E-state index contributed by atoms with van der Waals surface area (Å²) >= 11 is 5.79. The zero-order chi connectivity index (χ0) is 9.90. The van der Waals surface area contributed by atoms with Crippen LogP contribution in [0, 0.1) is 0 Å². The van der Waals surface area contributed by atoms with E-state index in [1.807, 2.05) is 24.3 Å². The molecule has 13 heavy (non-hydrogen) atoms. The minimum atomic E-state index is -0.103. The van der Waals surface area contributed by atoms with Gasteiger partial charge in [0, 0.05) is 10.6 Å². The molecule has 0 aliphatic rings. The molecule has 2 heteroatoms. The molecule has 0 aliphatic heterocycles. The molecule has 1 atom stereocenters. The summed E-state index contributed by atoms with van der Waals surface area (Å²) in [5, 5.41) is 0.777. The number of hydrogen-bond donors (Lipinski definition) is 1. The Morgan fingerprint density at radius 2 is 1.85 bits per heavy atom. The summed E-state index contributed by atoms with van der Waals surface area (Å²) < 4.78 is 0. The fourth-order valence-electron chi connectivity index (χ4n) is 1.19. The summed E-state index contributed by atoms with van der Waals surface area (Å²) in [6, 6.07) is 7.87. The highest BCUT2D eigenvalue weighted by Gasteiger charge is 2.15. The first-order valence-electron chi connectivity index (χ1n) is 4.57. The van der Waals surface area contributed by atoms with E-state index in [1.54, 1.807) is 0 Å². The average molecular weight is 198 g/mol. The Hall–Kier alpha value is -0.530. The van der Waals surface area contributed by atoms with E-state index in [4.69, 9.17) is 17.3 Å². The van der Waals surface area contributed by atoms with Crippen molar-refractivity contribution in [1.29, 1.82) is 0 Å². The smallest absolute Gasteiger partial charge is 0.0406 e. The van der Waals surface area contributed by atoms with Gasteiger partial charge in [0.25, 0.3) is 0 Å². The second-order valence-electron chi connectivity index (χ2n) is 3.81. The van der Waals surface area contributed by atoms with Crippen molar-refractivity contribution in [3.05, 3.63) is 34.9 Å². The first-order valence-corrected chi connectivity index (χ1v) is 4.94. The van der Waals surface area contributed by atoms with E-state index in [2.05, 4.69) is 13.8 Å². The largest absolute Gasteiger partial charge is 0.325 e. The summed E-state index contributed by atoms with van der Waals surface area (Å²) in [6.07, 6.45) is 1.89. The number of rotatable bonds is 3. The highest BCUT2D eigenvalue weighted by Crippen LogP contribution is 2.16. The molecule has 1 aromatic rings. The van der Waals surface area contributed by atoms with E-state index in [1.165, 1.54) is 5.56 Å². The first-order chi connectivity index (χ1) is 6.03. The maximum absolute atomic E-state index is 6.05. The maximum Gasteiger partial charge on any atom is 0.0406 e. The van der Waals surface area contributed by atoms with Crippen molar-refractivity contribution in [2.45, 2.75) is 32.2 Å². The normalized spacial score (nSPS) is 15.4. The van der Waals surface area contributed by atoms with Crippen molar-refractivity contribution >= 4 is 11.6 Å². The topological polar surface area (TPSA) is 26.0 Å². The van der Waals surface area contributed by atoms with Crippen LogP contribution in [-0.4, -0.2) is 5.54 Å². The van der Waals surface area contributed by atoms with Gasteiger partial charge in [0.05, 0.1) is 0 Å². The van der Waals surface area contributed by atoms with E-state index in [0.29, 0.717) is 0 Å². The molecule has 1 nitrogen and oxygen atoms in total. The van der Waals surface area contributed by atoms with Gasteiger partial charge in [-0.15, -0.1) is 0 Å². The number of benzene rings is 1. The molecule has 0 fully saturated rings. The summed E-state index contributed by atoms with van der Waals surface area (Å²) in [5.74, 6) is 0. The lowest BCUT2D eigenvalue weighted by Crippen LogP contribution is -2.37. The lowest BCUT2D eigenvalue weighted by molar-refractivity contribution is 0.450. The minimum absolute atomic E-state index is 0.103. The molecule has 0 unspecified atom stereocenters. The number of nitrogens with two attached hydrogens (primary N) is 1. The lowest BCUT2D eigenvalue weighted by Gasteiger charge is -2.22. The summed E-state index contributed by atoms with van der Waals surface area (Å²) in [5.41, 5.74) is 7.20. The Morgan fingerprint density at radius 1 is 1.31 bits per heavy atom. The van der Waals surface area contributed by atoms with Gasteiger partial charge in [-0.05, 0) is 37.5 Å². The van der Waals surface area contributed by atoms with E-state index in [9.17, 15) is 0 Å². The van der Waals surface area contributed by atoms with Crippen LogP contribution in [0.3, 0.4) is 0 Å². The molecule has 0 aromatic heterocycles. The SMILES string of the molecule is CC[C@](C)(N)Cc1ccc(Cl)cc1. The Bertz CT molecular complexity index is 264. The fourth-order valence-corrected chi connectivity index (χ4v) is 1.32. The zero-order valence-electron chi connectivity index (χ0n) is 8.18. The Morgan fingerprint density at radius 3 is 2.31 bits per heavy atom. The fraction of sp³-hybridized carbons (Fsp3) is 0.455. The Kier molecular flexibility index (Phi) is 3.34. The minimum Gasteiger partial charge on any atom is -0.325 e. The van der Waals surface area contributed by atoms with E-state index < -0.39 is 0 Å². The van der Waals surface area contributed by atoms with Gasteiger partial charge in [-0.25, -0.2) is 0 Å². The highest BCUT2D eigenvalue weighted by atomic mass is 35.5. The van der Waals surface area contributed by atoms with E-state index >= 15 is 0 Å². The molecule has 0 saturated carbocycles. The van der Waals surface area contributed by atoms with Crippen molar-refractivity contribution in [3.8, 4) is 0 Å². The van der Waals surface area contributed by atoms with Gasteiger partial charge in [0.1, 0.15) is 0 Å². The number of hydrogen-bond acceptors (Lipinski definition) is 1. The van der Waals surface area contributed by atoms with Gasteiger partial charge in [-0.2, -0.15) is 0 Å². The zero-order valence-corrected chi connectivity index (χ0v) is 8.93. The molecule has 2 N–H and O–H groups in total. The predicted octanol–water partition coefficient (Wildman–Crippen LogP) is 3.01. The Labute approximate surface area is 84.9 Å². The molecule has 0 radical (unpaired) electrons. The van der Waals surface area contributed by atoms with Gasteiger partial charge in [0.15, 0.2) is 0 Å². The molecule has 0 bridgehead atoms. The molecular weight excluding hydrogens is 182 g/mol. The molecular formula is C11H16ClN. The maximum atomic E-state index is 6.05. The van der Waals surface area contributed by atoms with Crippen molar-refractivity contribution in [1.82, 2.24) is 0 Å². The van der Waals surface area contributed by atoms with Gasteiger partial charge in [-0.3, -0.25) is 0 Å². The molecule has 0 aliphatic carbocycles. The molecule has 0 saturated heterocycles. The van der Waals surface area contributed by atoms with Crippen LogP contribution in [0.1, 0.15) is 25.8 Å². The average Bonchev–Trinajstić information content (AvgIpc) is 2.09. The van der Waals surface area contributed by atoms with Crippen molar-refractivity contribution in [3.63, 3.8) is 0 Å². The van der Waals surface area contributed by atoms with Crippen LogP contribution >= 0.6 is 11.6 Å². The van der Waals surface area contributed by atoms with Crippen LogP contribution in [0.4, 0.5) is 0 Å². The van der Waals surface area contributed by atoms with Crippen LogP contribution in [0.5, 0.6) is 0 Å². The van der Waals surface area contributed by atoms with Gasteiger partial charge in [0.2, 0.25) is 0 Å². The van der Waals surface area contributed by atoms with Crippen LogP contribution in [0.15, 0.2) is 24.3 Å². The third-order valence-electron chi connectivity index (χ3n) is 2.33. The van der Waals surface area contributed by atoms with Gasteiger partial charge < -0.3 is 5.73 Å². The molecule has 72 valence electrons. The summed E-state index contributed by atoms with van der Waals surface area (Å²) in [4.78, 5) is 0. The number of halogens is 1. The van der Waals surface area contributed by atoms with Crippen molar-refractivity contribution < 1.29 is 0 Å². The lowest BCUT2D eigenvalue weighted by atomic mass is 9.92. The predicted molar refractivity (Wildman–Crippen MR) is 58.0 cm³/mol. The molecule has 1 aromatic carbocycles. The monoisotopic (exact) mass is 197 g/mol. The van der Waals surface area contributed by atoms with Crippen LogP contribution in [0.2, 0.25) is 5.02 Å². The van der Waals surface area contributed by atoms with Crippen molar-refractivity contribution in [2.24, 2.45) is 5.73 Å². The van der Waals surface area contributed by atoms with Crippen LogP contribution < -0.4 is 5.73 Å². The summed E-state index contributed by atoms with van der Waals surface area (Å²) in [7, 11) is 0. The highest BCUT2D eigenvalue weighted by molar-refractivity contribution is 6.30. The first kappa shape index (κ1) is 10.6. The van der Waals surface area contributed by atoms with Crippen molar-refractivity contribution in [2.75, 3.05) is 0 Å². The third-order valence-corrected chi connectivity index (χ3v) is 2.58. The van der Waals surface area contributed by atoms with Gasteiger partial charge >= 0.3 is 0 Å². The van der Waals surface area contributed by atoms with Crippen LogP contribution in [0.25, 0.3) is 0 Å². The quantitative estimate of drug-likeness (QED) is 0.792. The van der Waals surface area contributed by atoms with Crippen LogP contribution in [-0.2, 0) is 6.42 Å². The Balaban J connectivity index is 2.69. The molecule has 0 amide bonds. The second kappa shape index (κ2) is 4.12.